The van der Waals surface area contributed by atoms with Gasteiger partial charge < -0.3 is 23.1 Å². The van der Waals surface area contributed by atoms with Crippen LogP contribution >= 0.6 is 0 Å². The van der Waals surface area contributed by atoms with Gasteiger partial charge in [-0.1, -0.05) is 92.7 Å². The molecule has 1 N–H and O–H groups in total. The average Bonchev–Trinajstić information content (AvgIpc) is 3.27. The fourth-order valence-electron chi connectivity index (χ4n) is 5.65. The summed E-state index contributed by atoms with van der Waals surface area (Å²) in [5.41, 5.74) is -0.754. The molecule has 304 valence electrons. The Hall–Kier alpha value is -1.71. The van der Waals surface area contributed by atoms with E-state index in [4.69, 9.17) is 23.1 Å². The van der Waals surface area contributed by atoms with Crippen molar-refractivity contribution in [2.75, 3.05) is 6.61 Å². The molecular formula is C41H71F3O6Si3. The molecule has 53 heavy (non-hydrogen) atoms. The molecule has 0 saturated heterocycles. The summed E-state index contributed by atoms with van der Waals surface area (Å²) in [4.78, 5) is 11.1. The van der Waals surface area contributed by atoms with Gasteiger partial charge in [-0.15, -0.1) is 0 Å². The number of carboxylic acids is 1. The Labute approximate surface area is 322 Å². The van der Waals surface area contributed by atoms with Crippen molar-refractivity contribution in [3.63, 3.8) is 0 Å². The van der Waals surface area contributed by atoms with Crippen molar-refractivity contribution in [3.8, 4) is 5.75 Å². The number of unbranched alkanes of at least 4 members (excludes halogenated alkanes) is 1. The van der Waals surface area contributed by atoms with E-state index in [0.717, 1.165) is 25.0 Å². The minimum atomic E-state index is -4.47. The number of benzene rings is 1. The quantitative estimate of drug-likeness (QED) is 0.0961. The Morgan fingerprint density at radius 3 is 1.91 bits per heavy atom. The molecule has 0 unspecified atom stereocenters. The van der Waals surface area contributed by atoms with E-state index in [2.05, 4.69) is 126 Å². The zero-order chi connectivity index (χ0) is 40.8. The van der Waals surface area contributed by atoms with Crippen LogP contribution < -0.4 is 4.74 Å². The van der Waals surface area contributed by atoms with E-state index in [1.807, 2.05) is 0 Å². The van der Waals surface area contributed by atoms with Crippen LogP contribution in [-0.2, 0) is 24.2 Å². The Balaban J connectivity index is 2.63. The van der Waals surface area contributed by atoms with Crippen LogP contribution in [0.5, 0.6) is 5.75 Å². The molecule has 2 rings (SSSR count). The van der Waals surface area contributed by atoms with Crippen molar-refractivity contribution in [1.29, 1.82) is 0 Å². The average molecular weight is 801 g/mol. The Morgan fingerprint density at radius 1 is 0.849 bits per heavy atom. The largest absolute Gasteiger partial charge is 0.491 e. The molecule has 1 saturated carbocycles. The number of ether oxygens (including phenoxy) is 1. The molecule has 1 aliphatic rings. The van der Waals surface area contributed by atoms with Crippen LogP contribution in [0.2, 0.25) is 54.4 Å². The van der Waals surface area contributed by atoms with Gasteiger partial charge in [0, 0.05) is 12.3 Å². The maximum Gasteiger partial charge on any atom is 0.416 e. The standard InChI is InChI=1S/C41H71F3O6Si3/c1-38(2,3)51(10,11)48-32(29-47-31-22-20-21-30(27-31)41(42,43)44)25-26-34-33(23-18-16-17-19-24-37(45)46)35(49-52(12,13)39(4,5)6)28-36(34)50-53(14,15)40(7,8)9/h16,18,20-22,25-27,32-36H,17,19,23-24,28-29H2,1-15H3,(H,45,46)/b18-16?,26-25+/t32-,33-,34-,35+,36-/m1/s1. The van der Waals surface area contributed by atoms with Gasteiger partial charge >= 0.3 is 12.1 Å². The van der Waals surface area contributed by atoms with Gasteiger partial charge in [0.2, 0.25) is 0 Å². The van der Waals surface area contributed by atoms with Crippen LogP contribution in [0.25, 0.3) is 0 Å². The topological polar surface area (TPSA) is 74.2 Å². The van der Waals surface area contributed by atoms with Crippen molar-refractivity contribution in [2.45, 2.75) is 173 Å². The molecule has 0 heterocycles. The van der Waals surface area contributed by atoms with E-state index in [0.29, 0.717) is 12.8 Å². The van der Waals surface area contributed by atoms with E-state index < -0.39 is 48.8 Å². The first-order valence-corrected chi connectivity index (χ1v) is 28.0. The zero-order valence-corrected chi connectivity index (χ0v) is 38.4. The molecule has 5 atom stereocenters. The summed E-state index contributed by atoms with van der Waals surface area (Å²) in [7, 11) is -6.74. The van der Waals surface area contributed by atoms with Gasteiger partial charge in [0.1, 0.15) is 12.4 Å². The fourth-order valence-corrected chi connectivity index (χ4v) is 9.65. The lowest BCUT2D eigenvalue weighted by molar-refractivity contribution is -0.138. The normalized spacial score (nSPS) is 21.8. The number of halogens is 3. The number of alkyl halides is 3. The number of hydrogen-bond acceptors (Lipinski definition) is 5. The Kier molecular flexibility index (Phi) is 16.2. The molecule has 1 fully saturated rings. The molecule has 0 radical (unpaired) electrons. The number of hydrogen-bond donors (Lipinski definition) is 1. The Bertz CT molecular complexity index is 1390. The van der Waals surface area contributed by atoms with Gasteiger partial charge in [-0.3, -0.25) is 4.79 Å². The molecule has 0 spiro atoms. The SMILES string of the molecule is CC(C)(C)[Si](C)(C)O[C@H](/C=C/[C@@H]1[C@@H](CC=CCCCC(=O)O)[C@@H](O[Si](C)(C)C(C)(C)C)C[C@H]1O[Si](C)(C)C(C)(C)C)COc1cccc(C(F)(F)F)c1. The second-order valence-corrected chi connectivity index (χ2v) is 33.7. The highest BCUT2D eigenvalue weighted by Crippen LogP contribution is 2.48. The monoisotopic (exact) mass is 800 g/mol. The molecule has 1 aliphatic carbocycles. The van der Waals surface area contributed by atoms with Crippen molar-refractivity contribution in [1.82, 2.24) is 0 Å². The van der Waals surface area contributed by atoms with Gasteiger partial charge in [-0.05, 0) is 104 Å². The highest BCUT2D eigenvalue weighted by molar-refractivity contribution is 6.75. The maximum absolute atomic E-state index is 13.5. The summed E-state index contributed by atoms with van der Waals surface area (Å²) < 4.78 is 68.0. The van der Waals surface area contributed by atoms with Crippen molar-refractivity contribution in [2.24, 2.45) is 11.8 Å². The molecular weight excluding hydrogens is 730 g/mol. The number of allylic oxidation sites excluding steroid dienone is 2. The first kappa shape index (κ1) is 47.4. The van der Waals surface area contributed by atoms with Gasteiger partial charge in [0.05, 0.1) is 23.9 Å². The fraction of sp³-hybridized carbons (Fsp3) is 0.732. The number of carbonyl (C=O) groups is 1. The molecule has 0 aromatic heterocycles. The smallest absolute Gasteiger partial charge is 0.416 e. The maximum atomic E-state index is 13.5. The van der Waals surface area contributed by atoms with Crippen LogP contribution in [0.1, 0.15) is 100.0 Å². The highest BCUT2D eigenvalue weighted by atomic mass is 28.4. The van der Waals surface area contributed by atoms with Gasteiger partial charge in [-0.2, -0.15) is 13.2 Å². The van der Waals surface area contributed by atoms with Crippen LogP contribution in [0, 0.1) is 11.8 Å². The zero-order valence-electron chi connectivity index (χ0n) is 35.4. The molecule has 12 heteroatoms. The minimum absolute atomic E-state index is 0.00799. The third-order valence-electron chi connectivity index (χ3n) is 12.1. The summed E-state index contributed by atoms with van der Waals surface area (Å²) >= 11 is 0. The summed E-state index contributed by atoms with van der Waals surface area (Å²) in [5, 5.41) is 9.01. The van der Waals surface area contributed by atoms with E-state index in [1.54, 1.807) is 6.07 Å². The summed E-state index contributed by atoms with van der Waals surface area (Å²) in [6.45, 7) is 33.5. The molecule has 6 nitrogen and oxygen atoms in total. The third kappa shape index (κ3) is 14.1. The lowest BCUT2D eigenvalue weighted by Crippen LogP contribution is -2.45. The first-order valence-electron chi connectivity index (χ1n) is 19.3. The predicted molar refractivity (Wildman–Crippen MR) is 219 cm³/mol. The highest BCUT2D eigenvalue weighted by Gasteiger charge is 2.50. The van der Waals surface area contributed by atoms with Gasteiger partial charge in [-0.25, -0.2) is 0 Å². The van der Waals surface area contributed by atoms with Crippen molar-refractivity contribution < 1.29 is 41.1 Å². The van der Waals surface area contributed by atoms with Crippen molar-refractivity contribution in [3.05, 3.63) is 54.1 Å². The van der Waals surface area contributed by atoms with Crippen LogP contribution in [0.4, 0.5) is 13.2 Å². The van der Waals surface area contributed by atoms with Gasteiger partial charge in [0.15, 0.2) is 25.0 Å². The number of aliphatic carboxylic acids is 1. The summed E-state index contributed by atoms with van der Waals surface area (Å²) in [6.07, 6.45) is 6.28. The molecule has 1 aromatic carbocycles. The molecule has 0 amide bonds. The molecule has 1 aromatic rings. The van der Waals surface area contributed by atoms with E-state index in [1.165, 1.54) is 6.07 Å². The molecule has 0 bridgehead atoms. The Morgan fingerprint density at radius 2 is 1.40 bits per heavy atom. The van der Waals surface area contributed by atoms with E-state index in [9.17, 15) is 18.0 Å². The van der Waals surface area contributed by atoms with E-state index >= 15 is 0 Å². The number of carboxylic acid groups (broad SMARTS) is 1. The first-order chi connectivity index (χ1) is 23.9. The summed E-state index contributed by atoms with van der Waals surface area (Å²) in [5.74, 6) is -0.587. The number of rotatable bonds is 17. The van der Waals surface area contributed by atoms with Crippen LogP contribution in [0.3, 0.4) is 0 Å². The van der Waals surface area contributed by atoms with Gasteiger partial charge in [0.25, 0.3) is 0 Å². The second kappa shape index (κ2) is 18.0. The van der Waals surface area contributed by atoms with Crippen LogP contribution in [-0.4, -0.2) is 60.9 Å². The lowest BCUT2D eigenvalue weighted by atomic mass is 9.89. The second-order valence-electron chi connectivity index (χ2n) is 19.4. The van der Waals surface area contributed by atoms with E-state index in [-0.39, 0.29) is 57.9 Å². The molecule has 0 aliphatic heterocycles. The minimum Gasteiger partial charge on any atom is -0.491 e. The third-order valence-corrected chi connectivity index (χ3v) is 25.6. The lowest BCUT2D eigenvalue weighted by Gasteiger charge is -2.40. The predicted octanol–water partition coefficient (Wildman–Crippen LogP) is 12.6. The van der Waals surface area contributed by atoms with Crippen molar-refractivity contribution >= 4 is 30.9 Å². The van der Waals surface area contributed by atoms with Crippen LogP contribution in [0.15, 0.2) is 48.6 Å². The summed E-state index contributed by atoms with van der Waals surface area (Å²) in [6, 6.07) is 4.99.